The highest BCUT2D eigenvalue weighted by molar-refractivity contribution is 7.80. The van der Waals surface area contributed by atoms with Crippen LogP contribution >= 0.6 is 12.2 Å². The molecule has 1 saturated carbocycles. The lowest BCUT2D eigenvalue weighted by atomic mass is 10.2. The van der Waals surface area contributed by atoms with Crippen LogP contribution in [0.4, 0.5) is 20.6 Å². The number of anilines is 2. The van der Waals surface area contributed by atoms with Gasteiger partial charge in [-0.1, -0.05) is 12.2 Å². The summed E-state index contributed by atoms with van der Waals surface area (Å²) in [5.41, 5.74) is 0.928. The summed E-state index contributed by atoms with van der Waals surface area (Å²) in [6.07, 6.45) is 2.54. The van der Waals surface area contributed by atoms with Crippen LogP contribution in [0, 0.1) is 11.7 Å². The van der Waals surface area contributed by atoms with Crippen LogP contribution < -0.4 is 15.1 Å². The average Bonchev–Trinajstić information content (AvgIpc) is 3.51. The summed E-state index contributed by atoms with van der Waals surface area (Å²) in [7, 11) is 1.49. The number of piperazine rings is 1. The summed E-state index contributed by atoms with van der Waals surface area (Å²) >= 11 is 5.34. The van der Waals surface area contributed by atoms with Crippen LogP contribution in [0.15, 0.2) is 18.2 Å². The summed E-state index contributed by atoms with van der Waals surface area (Å²) < 4.78 is 25.2. The van der Waals surface area contributed by atoms with E-state index in [-0.39, 0.29) is 18.6 Å². The van der Waals surface area contributed by atoms with Crippen molar-refractivity contribution in [3.05, 3.63) is 24.0 Å². The number of hydrogen-bond acceptors (Lipinski definition) is 6. The minimum Gasteiger partial charge on any atom is -0.442 e. The van der Waals surface area contributed by atoms with Crippen molar-refractivity contribution in [2.75, 3.05) is 62.8 Å². The van der Waals surface area contributed by atoms with Gasteiger partial charge in [-0.05, 0) is 37.0 Å². The Morgan fingerprint density at radius 3 is 2.69 bits per heavy atom. The Morgan fingerprint density at radius 1 is 1.28 bits per heavy atom. The molecule has 8 nitrogen and oxygen atoms in total. The van der Waals surface area contributed by atoms with E-state index in [1.165, 1.54) is 30.9 Å². The van der Waals surface area contributed by atoms with Gasteiger partial charge in [-0.25, -0.2) is 9.18 Å². The molecule has 174 valence electrons. The number of hydrogen-bond donors (Lipinski definition) is 1. The molecule has 0 bridgehead atoms. The fourth-order valence-electron chi connectivity index (χ4n) is 4.05. The molecular formula is C22H29FN4O4S. The van der Waals surface area contributed by atoms with Crippen LogP contribution in [0.2, 0.25) is 0 Å². The molecule has 0 unspecified atom stereocenters. The normalized spacial score (nSPS) is 21.0. The first-order chi connectivity index (χ1) is 15.4. The Kier molecular flexibility index (Phi) is 7.10. The van der Waals surface area contributed by atoms with Gasteiger partial charge in [0.2, 0.25) is 5.91 Å². The van der Waals surface area contributed by atoms with Gasteiger partial charge in [-0.2, -0.15) is 0 Å². The number of nitrogens with zero attached hydrogens (tertiary/aromatic N) is 3. The van der Waals surface area contributed by atoms with Crippen LogP contribution in [0.5, 0.6) is 0 Å². The standard InChI is InChI=1S/C22H29FN4O4S/c1-30-14-21(28)26-8-6-25(7-9-26)19-5-4-16(11-18(19)23)27-13-17(31-22(27)29)12-24-20(32)10-15-2-3-15/h4-5,11,15,17H,2-3,6-10,12-14H2,1H3,(H,24,32)/t17-/m0/s1. The maximum atomic E-state index is 14.9. The lowest BCUT2D eigenvalue weighted by Crippen LogP contribution is -2.50. The van der Waals surface area contributed by atoms with Crippen molar-refractivity contribution < 1.29 is 23.5 Å². The van der Waals surface area contributed by atoms with E-state index >= 15 is 0 Å². The molecule has 10 heteroatoms. The zero-order valence-electron chi connectivity index (χ0n) is 18.2. The Morgan fingerprint density at radius 2 is 2.03 bits per heavy atom. The first-order valence-corrected chi connectivity index (χ1v) is 11.4. The number of cyclic esters (lactones) is 1. The first kappa shape index (κ1) is 22.7. The largest absolute Gasteiger partial charge is 0.442 e. The SMILES string of the molecule is COCC(=O)N1CCN(c2ccc(N3C[C@H](CNC(=S)CC4CC4)OC3=O)cc2F)CC1. The molecule has 32 heavy (non-hydrogen) atoms. The van der Waals surface area contributed by atoms with Crippen molar-refractivity contribution >= 4 is 40.6 Å². The molecule has 1 aromatic rings. The lowest BCUT2D eigenvalue weighted by Gasteiger charge is -2.36. The number of rotatable bonds is 8. The number of thiocarbonyl (C=S) groups is 1. The minimum atomic E-state index is -0.484. The van der Waals surface area contributed by atoms with E-state index in [0.29, 0.717) is 56.6 Å². The van der Waals surface area contributed by atoms with E-state index in [9.17, 15) is 14.0 Å². The van der Waals surface area contributed by atoms with Gasteiger partial charge in [0.25, 0.3) is 0 Å². The van der Waals surface area contributed by atoms with Gasteiger partial charge in [0.1, 0.15) is 18.5 Å². The van der Waals surface area contributed by atoms with Crippen molar-refractivity contribution in [2.45, 2.75) is 25.4 Å². The zero-order valence-corrected chi connectivity index (χ0v) is 19.0. The van der Waals surface area contributed by atoms with E-state index in [0.717, 1.165) is 11.4 Å². The molecule has 1 N–H and O–H groups in total. The van der Waals surface area contributed by atoms with Gasteiger partial charge >= 0.3 is 6.09 Å². The zero-order chi connectivity index (χ0) is 22.7. The fourth-order valence-corrected chi connectivity index (χ4v) is 4.37. The van der Waals surface area contributed by atoms with Crippen molar-refractivity contribution in [1.82, 2.24) is 10.2 Å². The van der Waals surface area contributed by atoms with E-state index in [4.69, 9.17) is 21.7 Å². The number of ether oxygens (including phenoxy) is 2. The Bertz CT molecular complexity index is 873. The number of halogens is 1. The second-order valence-electron chi connectivity index (χ2n) is 8.50. The van der Waals surface area contributed by atoms with Crippen molar-refractivity contribution in [3.63, 3.8) is 0 Å². The van der Waals surface area contributed by atoms with Crippen LogP contribution in [0.25, 0.3) is 0 Å². The number of amides is 2. The van der Waals surface area contributed by atoms with Gasteiger partial charge in [0.15, 0.2) is 0 Å². The van der Waals surface area contributed by atoms with Gasteiger partial charge in [0.05, 0.1) is 29.5 Å². The molecule has 1 atom stereocenters. The quantitative estimate of drug-likeness (QED) is 0.591. The summed E-state index contributed by atoms with van der Waals surface area (Å²) in [6, 6.07) is 4.78. The molecule has 2 amide bonds. The van der Waals surface area contributed by atoms with E-state index < -0.39 is 11.9 Å². The summed E-state index contributed by atoms with van der Waals surface area (Å²) in [4.78, 5) is 30.2. The molecule has 2 heterocycles. The van der Waals surface area contributed by atoms with Crippen LogP contribution in [0.3, 0.4) is 0 Å². The van der Waals surface area contributed by atoms with E-state index in [1.807, 2.05) is 4.90 Å². The molecule has 1 aromatic carbocycles. The molecular weight excluding hydrogens is 435 g/mol. The highest BCUT2D eigenvalue weighted by Gasteiger charge is 2.33. The Labute approximate surface area is 192 Å². The highest BCUT2D eigenvalue weighted by atomic mass is 32.1. The number of methoxy groups -OCH3 is 1. The molecule has 3 aliphatic rings. The second kappa shape index (κ2) is 9.99. The van der Waals surface area contributed by atoms with Gasteiger partial charge in [-0.15, -0.1) is 0 Å². The van der Waals surface area contributed by atoms with E-state index in [2.05, 4.69) is 5.32 Å². The number of benzene rings is 1. The molecule has 0 aromatic heterocycles. The molecule has 0 radical (unpaired) electrons. The first-order valence-electron chi connectivity index (χ1n) is 11.0. The maximum absolute atomic E-state index is 14.9. The number of nitrogens with one attached hydrogen (secondary N) is 1. The minimum absolute atomic E-state index is 0.0534. The maximum Gasteiger partial charge on any atom is 0.414 e. The summed E-state index contributed by atoms with van der Waals surface area (Å²) in [5, 5.41) is 3.18. The summed E-state index contributed by atoms with van der Waals surface area (Å²) in [5.74, 6) is 0.236. The van der Waals surface area contributed by atoms with Crippen LogP contribution in [-0.2, 0) is 14.3 Å². The van der Waals surface area contributed by atoms with Gasteiger partial charge in [0, 0.05) is 39.7 Å². The second-order valence-corrected chi connectivity index (χ2v) is 9.00. The molecule has 0 spiro atoms. The Balaban J connectivity index is 1.31. The third-order valence-corrected chi connectivity index (χ3v) is 6.37. The van der Waals surface area contributed by atoms with Gasteiger partial charge < -0.3 is 24.6 Å². The number of carbonyl (C=O) groups is 2. The predicted octanol–water partition coefficient (Wildman–Crippen LogP) is 2.16. The average molecular weight is 465 g/mol. The van der Waals surface area contributed by atoms with Crippen LogP contribution in [-0.4, -0.2) is 81.0 Å². The van der Waals surface area contributed by atoms with Crippen molar-refractivity contribution in [2.24, 2.45) is 5.92 Å². The molecule has 2 saturated heterocycles. The third-order valence-electron chi connectivity index (χ3n) is 6.06. The van der Waals surface area contributed by atoms with Crippen molar-refractivity contribution in [1.29, 1.82) is 0 Å². The fraction of sp³-hybridized carbons (Fsp3) is 0.591. The van der Waals surface area contributed by atoms with Crippen molar-refractivity contribution in [3.8, 4) is 0 Å². The number of carbonyl (C=O) groups excluding carboxylic acids is 2. The molecule has 1 aliphatic carbocycles. The molecule has 3 fully saturated rings. The van der Waals surface area contributed by atoms with Gasteiger partial charge in [-0.3, -0.25) is 9.69 Å². The molecule has 2 aliphatic heterocycles. The van der Waals surface area contributed by atoms with Crippen LogP contribution in [0.1, 0.15) is 19.3 Å². The smallest absolute Gasteiger partial charge is 0.414 e. The molecule has 4 rings (SSSR count). The van der Waals surface area contributed by atoms with E-state index in [1.54, 1.807) is 17.0 Å². The predicted molar refractivity (Wildman–Crippen MR) is 123 cm³/mol. The topological polar surface area (TPSA) is 74.3 Å². The summed E-state index contributed by atoms with van der Waals surface area (Å²) in [6.45, 7) is 2.95. The Hall–Kier alpha value is -2.46. The third kappa shape index (κ3) is 5.47. The monoisotopic (exact) mass is 464 g/mol. The highest BCUT2D eigenvalue weighted by Crippen LogP contribution is 2.32. The lowest BCUT2D eigenvalue weighted by molar-refractivity contribution is -0.135.